The number of hydrogen-bond acceptors (Lipinski definition) is 2. The first kappa shape index (κ1) is 16.9. The summed E-state index contributed by atoms with van der Waals surface area (Å²) in [5, 5.41) is 3.08. The monoisotopic (exact) mass is 284 g/mol. The number of hydrogen-bond donors (Lipinski definition) is 1. The van der Waals surface area contributed by atoms with Gasteiger partial charge in [-0.05, 0) is 37.1 Å². The Balaban J connectivity index is 2.98. The van der Waals surface area contributed by atoms with Gasteiger partial charge >= 0.3 is 0 Å². The van der Waals surface area contributed by atoms with E-state index < -0.39 is 11.6 Å². The third-order valence-electron chi connectivity index (χ3n) is 3.58. The summed E-state index contributed by atoms with van der Waals surface area (Å²) in [4.78, 5) is 1.79. The van der Waals surface area contributed by atoms with Crippen molar-refractivity contribution in [1.82, 2.24) is 5.32 Å². The molecule has 0 aliphatic rings. The van der Waals surface area contributed by atoms with Gasteiger partial charge in [0.25, 0.3) is 0 Å². The maximum Gasteiger partial charge on any atom is 0.149 e. The van der Waals surface area contributed by atoms with Crippen molar-refractivity contribution in [1.29, 1.82) is 0 Å². The van der Waals surface area contributed by atoms with Crippen molar-refractivity contribution in [3.63, 3.8) is 0 Å². The van der Waals surface area contributed by atoms with E-state index in [1.54, 1.807) is 4.90 Å². The van der Waals surface area contributed by atoms with Gasteiger partial charge in [0.1, 0.15) is 17.3 Å². The van der Waals surface area contributed by atoms with Crippen molar-refractivity contribution >= 4 is 5.69 Å². The number of nitrogens with one attached hydrogen (secondary N) is 1. The van der Waals surface area contributed by atoms with E-state index in [4.69, 9.17) is 0 Å². The second-order valence-corrected chi connectivity index (χ2v) is 5.24. The highest BCUT2D eigenvalue weighted by atomic mass is 19.1. The van der Waals surface area contributed by atoms with Gasteiger partial charge in [0, 0.05) is 19.6 Å². The molecule has 1 atom stereocenters. The first-order valence-corrected chi connectivity index (χ1v) is 7.46. The maximum atomic E-state index is 14.2. The van der Waals surface area contributed by atoms with Gasteiger partial charge in [-0.3, -0.25) is 0 Å². The molecule has 0 fully saturated rings. The molecule has 0 radical (unpaired) electrons. The van der Waals surface area contributed by atoms with Gasteiger partial charge in [-0.25, -0.2) is 8.78 Å². The van der Waals surface area contributed by atoms with Gasteiger partial charge < -0.3 is 10.2 Å². The van der Waals surface area contributed by atoms with Crippen LogP contribution in [0.5, 0.6) is 0 Å². The second-order valence-electron chi connectivity index (χ2n) is 5.24. The Bertz CT molecular complexity index is 398. The quantitative estimate of drug-likeness (QED) is 0.777. The van der Waals surface area contributed by atoms with Crippen molar-refractivity contribution in [2.45, 2.75) is 40.7 Å². The topological polar surface area (TPSA) is 15.3 Å². The summed E-state index contributed by atoms with van der Waals surface area (Å²) in [5.74, 6) is -0.527. The van der Waals surface area contributed by atoms with Gasteiger partial charge in [0.2, 0.25) is 0 Å². The largest absolute Gasteiger partial charge is 0.367 e. The molecule has 0 spiro atoms. The first-order valence-electron chi connectivity index (χ1n) is 7.46. The van der Waals surface area contributed by atoms with Crippen molar-refractivity contribution in [2.75, 3.05) is 24.5 Å². The summed E-state index contributed by atoms with van der Waals surface area (Å²) in [6.45, 7) is 10.6. The third kappa shape index (κ3) is 4.44. The minimum absolute atomic E-state index is 0.105. The molecule has 0 saturated heterocycles. The predicted octanol–water partition coefficient (Wildman–Crippen LogP) is 3.95. The Hall–Kier alpha value is -1.16. The summed E-state index contributed by atoms with van der Waals surface area (Å²) in [6, 6.07) is 2.86. The molecule has 0 aromatic heterocycles. The van der Waals surface area contributed by atoms with Crippen LogP contribution in [0.2, 0.25) is 0 Å². The van der Waals surface area contributed by atoms with Gasteiger partial charge in [-0.2, -0.15) is 0 Å². The molecule has 0 bridgehead atoms. The Labute approximate surface area is 121 Å². The highest BCUT2D eigenvalue weighted by Gasteiger charge is 2.18. The van der Waals surface area contributed by atoms with E-state index in [1.807, 2.05) is 13.8 Å². The summed E-state index contributed by atoms with van der Waals surface area (Å²) >= 11 is 0. The standard InChI is InChI=1S/C16H26F2N2/c1-5-12(4)11-20(7-3)16-14(17)8-13(9-15(16)18)10-19-6-2/h8-9,12,19H,5-7,10-11H2,1-4H3. The van der Waals surface area contributed by atoms with Crippen LogP contribution >= 0.6 is 0 Å². The first-order chi connectivity index (χ1) is 9.53. The zero-order valence-electron chi connectivity index (χ0n) is 13.0. The molecule has 1 rings (SSSR count). The molecule has 0 aliphatic heterocycles. The van der Waals surface area contributed by atoms with Crippen LogP contribution in [0.1, 0.15) is 39.7 Å². The minimum atomic E-state index is -0.469. The average Bonchev–Trinajstić information content (AvgIpc) is 2.42. The molecule has 20 heavy (non-hydrogen) atoms. The molecular weight excluding hydrogens is 258 g/mol. The summed E-state index contributed by atoms with van der Waals surface area (Å²) < 4.78 is 28.4. The molecule has 0 saturated carbocycles. The van der Waals surface area contributed by atoms with E-state index in [1.165, 1.54) is 12.1 Å². The number of anilines is 1. The SMILES string of the molecule is CCNCc1cc(F)c(N(CC)CC(C)CC)c(F)c1. The van der Waals surface area contributed by atoms with Crippen LogP contribution in [0.3, 0.4) is 0 Å². The molecular formula is C16H26F2N2. The molecule has 0 aliphatic carbocycles. The summed E-state index contributed by atoms with van der Waals surface area (Å²) in [7, 11) is 0. The minimum Gasteiger partial charge on any atom is -0.367 e. The van der Waals surface area contributed by atoms with E-state index in [2.05, 4.69) is 19.2 Å². The van der Waals surface area contributed by atoms with Crippen LogP contribution in [0.25, 0.3) is 0 Å². The number of rotatable bonds is 8. The molecule has 0 heterocycles. The van der Waals surface area contributed by atoms with Crippen molar-refractivity contribution < 1.29 is 8.78 Å². The third-order valence-corrected chi connectivity index (χ3v) is 3.58. The highest BCUT2D eigenvalue weighted by molar-refractivity contribution is 5.50. The lowest BCUT2D eigenvalue weighted by Gasteiger charge is -2.27. The van der Waals surface area contributed by atoms with Crippen molar-refractivity contribution in [3.05, 3.63) is 29.3 Å². The Morgan fingerprint density at radius 3 is 2.20 bits per heavy atom. The lowest BCUT2D eigenvalue weighted by molar-refractivity contribution is 0.520. The van der Waals surface area contributed by atoms with E-state index in [-0.39, 0.29) is 5.69 Å². The molecule has 1 unspecified atom stereocenters. The summed E-state index contributed by atoms with van der Waals surface area (Å²) in [6.07, 6.45) is 0.998. The number of halogens is 2. The molecule has 4 heteroatoms. The van der Waals surface area contributed by atoms with Gasteiger partial charge in [0.15, 0.2) is 0 Å². The van der Waals surface area contributed by atoms with Gasteiger partial charge in [-0.15, -0.1) is 0 Å². The van der Waals surface area contributed by atoms with Crippen LogP contribution in [-0.4, -0.2) is 19.6 Å². The van der Waals surface area contributed by atoms with Gasteiger partial charge in [-0.1, -0.05) is 27.2 Å². The van der Waals surface area contributed by atoms with Crippen molar-refractivity contribution in [2.24, 2.45) is 5.92 Å². The molecule has 2 nitrogen and oxygen atoms in total. The fourth-order valence-corrected chi connectivity index (χ4v) is 2.18. The van der Waals surface area contributed by atoms with E-state index in [0.29, 0.717) is 31.1 Å². The predicted molar refractivity (Wildman–Crippen MR) is 81.1 cm³/mol. The average molecular weight is 284 g/mol. The zero-order valence-corrected chi connectivity index (χ0v) is 13.0. The fourth-order valence-electron chi connectivity index (χ4n) is 2.18. The van der Waals surface area contributed by atoms with Crippen LogP contribution in [0, 0.1) is 17.6 Å². The number of benzene rings is 1. The summed E-state index contributed by atoms with van der Waals surface area (Å²) in [5.41, 5.74) is 0.748. The van der Waals surface area contributed by atoms with Crippen LogP contribution < -0.4 is 10.2 Å². The fraction of sp³-hybridized carbons (Fsp3) is 0.625. The van der Waals surface area contributed by atoms with Crippen LogP contribution in [0.4, 0.5) is 14.5 Å². The molecule has 1 aromatic carbocycles. The van der Waals surface area contributed by atoms with Gasteiger partial charge in [0.05, 0.1) is 0 Å². The van der Waals surface area contributed by atoms with E-state index in [9.17, 15) is 8.78 Å². The zero-order chi connectivity index (χ0) is 15.1. The normalized spacial score (nSPS) is 12.5. The Kier molecular flexibility index (Phi) is 6.93. The Morgan fingerprint density at radius 1 is 1.15 bits per heavy atom. The molecule has 1 aromatic rings. The van der Waals surface area contributed by atoms with Crippen LogP contribution in [0.15, 0.2) is 12.1 Å². The highest BCUT2D eigenvalue weighted by Crippen LogP contribution is 2.26. The molecule has 0 amide bonds. The van der Waals surface area contributed by atoms with E-state index in [0.717, 1.165) is 13.0 Å². The Morgan fingerprint density at radius 2 is 1.75 bits per heavy atom. The second kappa shape index (κ2) is 8.20. The number of nitrogens with zero attached hydrogens (tertiary/aromatic N) is 1. The van der Waals surface area contributed by atoms with Crippen molar-refractivity contribution in [3.8, 4) is 0 Å². The smallest absolute Gasteiger partial charge is 0.149 e. The molecule has 1 N–H and O–H groups in total. The van der Waals surface area contributed by atoms with Crippen LogP contribution in [-0.2, 0) is 6.54 Å². The van der Waals surface area contributed by atoms with E-state index >= 15 is 0 Å². The molecule has 114 valence electrons. The lowest BCUT2D eigenvalue weighted by atomic mass is 10.1. The lowest BCUT2D eigenvalue weighted by Crippen LogP contribution is -2.30. The maximum absolute atomic E-state index is 14.2.